The van der Waals surface area contributed by atoms with Crippen molar-refractivity contribution < 1.29 is 23.5 Å². The number of nitrogens with one attached hydrogen (secondary N) is 2. The topological polar surface area (TPSA) is 84.5 Å². The molecular weight excluding hydrogens is 443 g/mol. The Morgan fingerprint density at radius 2 is 1.77 bits per heavy atom. The van der Waals surface area contributed by atoms with Crippen LogP contribution < -0.4 is 10.6 Å². The lowest BCUT2D eigenvalue weighted by Gasteiger charge is -2.07. The first-order chi connectivity index (χ1) is 14.8. The van der Waals surface area contributed by atoms with E-state index in [1.165, 1.54) is 18.2 Å². The molecule has 3 aromatic rings. The van der Waals surface area contributed by atoms with E-state index in [0.717, 1.165) is 17.4 Å². The Kier molecular flexibility index (Phi) is 7.04. The van der Waals surface area contributed by atoms with E-state index in [-0.39, 0.29) is 27.6 Å². The number of amides is 2. The molecule has 0 aliphatic heterocycles. The van der Waals surface area contributed by atoms with E-state index in [1.807, 2.05) is 0 Å². The van der Waals surface area contributed by atoms with Crippen molar-refractivity contribution in [1.29, 1.82) is 0 Å². The quantitative estimate of drug-likeness (QED) is 0.473. The van der Waals surface area contributed by atoms with Gasteiger partial charge in [-0.2, -0.15) is 0 Å². The third kappa shape index (κ3) is 5.28. The van der Waals surface area contributed by atoms with Gasteiger partial charge in [-0.05, 0) is 61.9 Å². The van der Waals surface area contributed by atoms with Crippen molar-refractivity contribution in [2.24, 2.45) is 0 Å². The lowest BCUT2D eigenvalue weighted by molar-refractivity contribution is 0.0527. The highest BCUT2D eigenvalue weighted by Crippen LogP contribution is 2.34. The summed E-state index contributed by atoms with van der Waals surface area (Å²) in [6.07, 6.45) is 0. The number of benzene rings is 2. The zero-order chi connectivity index (χ0) is 22.5. The molecule has 2 N–H and O–H groups in total. The van der Waals surface area contributed by atoms with Gasteiger partial charge >= 0.3 is 5.97 Å². The number of esters is 1. The molecule has 160 valence electrons. The second-order valence-electron chi connectivity index (χ2n) is 6.41. The maximum absolute atomic E-state index is 13.5. The van der Waals surface area contributed by atoms with Crippen molar-refractivity contribution in [3.63, 3.8) is 0 Å². The lowest BCUT2D eigenvalue weighted by atomic mass is 10.1. The van der Waals surface area contributed by atoms with Gasteiger partial charge < -0.3 is 15.4 Å². The molecule has 0 aliphatic rings. The number of ether oxygens (including phenoxy) is 1. The number of carbonyl (C=O) groups is 3. The predicted octanol–water partition coefficient (Wildman–Crippen LogP) is 5.53. The van der Waals surface area contributed by atoms with Gasteiger partial charge in [0.2, 0.25) is 0 Å². The third-order valence-electron chi connectivity index (χ3n) is 4.25. The summed E-state index contributed by atoms with van der Waals surface area (Å²) in [7, 11) is 0. The smallest absolute Gasteiger partial charge is 0.341 e. The standard InChI is InChI=1S/C22H18ClFN2O4S/c1-3-30-22(29)17-12(2)18(20(28)25-16-9-7-14(23)8-10-16)31-21(17)26-19(27)13-5-4-6-15(24)11-13/h4-11H,3H2,1-2H3,(H,25,28)(H,26,27). The molecule has 0 atom stereocenters. The van der Waals surface area contributed by atoms with Gasteiger partial charge in [-0.3, -0.25) is 9.59 Å². The second kappa shape index (κ2) is 9.72. The second-order valence-corrected chi connectivity index (χ2v) is 7.86. The minimum atomic E-state index is -0.670. The van der Waals surface area contributed by atoms with Gasteiger partial charge in [-0.15, -0.1) is 11.3 Å². The van der Waals surface area contributed by atoms with Crippen LogP contribution in [0.4, 0.5) is 15.1 Å². The minimum absolute atomic E-state index is 0.0769. The summed E-state index contributed by atoms with van der Waals surface area (Å²) in [5.74, 6) is -2.31. The van der Waals surface area contributed by atoms with E-state index in [2.05, 4.69) is 10.6 Å². The number of rotatable bonds is 6. The highest BCUT2D eigenvalue weighted by atomic mass is 35.5. The van der Waals surface area contributed by atoms with E-state index in [4.69, 9.17) is 16.3 Å². The van der Waals surface area contributed by atoms with Crippen LogP contribution in [-0.2, 0) is 4.74 Å². The molecule has 31 heavy (non-hydrogen) atoms. The molecule has 0 spiro atoms. The normalized spacial score (nSPS) is 10.5. The highest BCUT2D eigenvalue weighted by Gasteiger charge is 2.27. The van der Waals surface area contributed by atoms with Crippen LogP contribution in [0.3, 0.4) is 0 Å². The molecule has 3 rings (SSSR count). The molecule has 0 bridgehead atoms. The van der Waals surface area contributed by atoms with Gasteiger partial charge in [0.1, 0.15) is 10.8 Å². The molecule has 0 fully saturated rings. The maximum Gasteiger partial charge on any atom is 0.341 e. The van der Waals surface area contributed by atoms with Gasteiger partial charge in [0.05, 0.1) is 17.0 Å². The molecular formula is C22H18ClFN2O4S. The van der Waals surface area contributed by atoms with Crippen molar-refractivity contribution in [3.05, 3.63) is 80.9 Å². The molecule has 0 unspecified atom stereocenters. The Morgan fingerprint density at radius 3 is 2.42 bits per heavy atom. The first kappa shape index (κ1) is 22.5. The minimum Gasteiger partial charge on any atom is -0.462 e. The molecule has 2 amide bonds. The Balaban J connectivity index is 1.94. The first-order valence-corrected chi connectivity index (χ1v) is 10.4. The van der Waals surface area contributed by atoms with Crippen molar-refractivity contribution in [3.8, 4) is 0 Å². The number of thiophene rings is 1. The summed E-state index contributed by atoms with van der Waals surface area (Å²) in [6.45, 7) is 3.37. The fourth-order valence-electron chi connectivity index (χ4n) is 2.79. The van der Waals surface area contributed by atoms with Crippen LogP contribution >= 0.6 is 22.9 Å². The van der Waals surface area contributed by atoms with E-state index >= 15 is 0 Å². The maximum atomic E-state index is 13.5. The van der Waals surface area contributed by atoms with Gasteiger partial charge in [0.25, 0.3) is 11.8 Å². The Bertz CT molecular complexity index is 1140. The molecule has 1 heterocycles. The molecule has 2 aromatic carbocycles. The molecule has 0 aliphatic carbocycles. The van der Waals surface area contributed by atoms with Gasteiger partial charge in [0.15, 0.2) is 0 Å². The average molecular weight is 461 g/mol. The Labute approximate surface area is 187 Å². The fraction of sp³-hybridized carbons (Fsp3) is 0.136. The predicted molar refractivity (Wildman–Crippen MR) is 119 cm³/mol. The van der Waals surface area contributed by atoms with Crippen molar-refractivity contribution in [1.82, 2.24) is 0 Å². The Hall–Kier alpha value is -3.23. The molecule has 0 saturated heterocycles. The SMILES string of the molecule is CCOC(=O)c1c(NC(=O)c2cccc(F)c2)sc(C(=O)Nc2ccc(Cl)cc2)c1C. The summed E-state index contributed by atoms with van der Waals surface area (Å²) in [5.41, 5.74) is 1.04. The van der Waals surface area contributed by atoms with Crippen LogP contribution in [0.25, 0.3) is 0 Å². The molecule has 1 aromatic heterocycles. The number of anilines is 2. The summed E-state index contributed by atoms with van der Waals surface area (Å²) in [6, 6.07) is 11.7. The van der Waals surface area contributed by atoms with E-state index in [0.29, 0.717) is 16.3 Å². The zero-order valence-electron chi connectivity index (χ0n) is 16.6. The number of hydrogen-bond donors (Lipinski definition) is 2. The zero-order valence-corrected chi connectivity index (χ0v) is 18.2. The molecule has 6 nitrogen and oxygen atoms in total. The highest BCUT2D eigenvalue weighted by molar-refractivity contribution is 7.19. The molecule has 9 heteroatoms. The van der Waals surface area contributed by atoms with E-state index < -0.39 is 23.6 Å². The largest absolute Gasteiger partial charge is 0.462 e. The van der Waals surface area contributed by atoms with Crippen molar-refractivity contribution in [2.45, 2.75) is 13.8 Å². The van der Waals surface area contributed by atoms with Gasteiger partial charge in [-0.1, -0.05) is 17.7 Å². The first-order valence-electron chi connectivity index (χ1n) is 9.24. The number of halogens is 2. The van der Waals surface area contributed by atoms with Crippen LogP contribution in [-0.4, -0.2) is 24.4 Å². The van der Waals surface area contributed by atoms with Crippen molar-refractivity contribution in [2.75, 3.05) is 17.2 Å². The lowest BCUT2D eigenvalue weighted by Crippen LogP contribution is -2.15. The van der Waals surface area contributed by atoms with Gasteiger partial charge in [0, 0.05) is 16.3 Å². The molecule has 0 radical (unpaired) electrons. The fourth-order valence-corrected chi connectivity index (χ4v) is 4.00. The summed E-state index contributed by atoms with van der Waals surface area (Å²) in [4.78, 5) is 38.1. The number of hydrogen-bond acceptors (Lipinski definition) is 5. The van der Waals surface area contributed by atoms with Crippen LogP contribution in [0.15, 0.2) is 48.5 Å². The Morgan fingerprint density at radius 1 is 1.06 bits per heavy atom. The summed E-state index contributed by atoms with van der Waals surface area (Å²) < 4.78 is 18.6. The summed E-state index contributed by atoms with van der Waals surface area (Å²) >= 11 is 6.80. The van der Waals surface area contributed by atoms with E-state index in [9.17, 15) is 18.8 Å². The third-order valence-corrected chi connectivity index (χ3v) is 5.71. The van der Waals surface area contributed by atoms with Crippen LogP contribution in [0.1, 0.15) is 42.9 Å². The van der Waals surface area contributed by atoms with Crippen molar-refractivity contribution >= 4 is 51.4 Å². The monoisotopic (exact) mass is 460 g/mol. The average Bonchev–Trinajstić information content (AvgIpc) is 3.05. The molecule has 0 saturated carbocycles. The number of carbonyl (C=O) groups excluding carboxylic acids is 3. The van der Waals surface area contributed by atoms with Crippen LogP contribution in [0.2, 0.25) is 5.02 Å². The van der Waals surface area contributed by atoms with E-state index in [1.54, 1.807) is 38.1 Å². The summed E-state index contributed by atoms with van der Waals surface area (Å²) in [5, 5.41) is 5.99. The van der Waals surface area contributed by atoms with Crippen LogP contribution in [0, 0.1) is 12.7 Å². The van der Waals surface area contributed by atoms with Crippen LogP contribution in [0.5, 0.6) is 0 Å². The van der Waals surface area contributed by atoms with Gasteiger partial charge in [-0.25, -0.2) is 9.18 Å².